The van der Waals surface area contributed by atoms with E-state index in [0.29, 0.717) is 18.5 Å². The van der Waals surface area contributed by atoms with Crippen molar-refractivity contribution >= 4 is 5.91 Å². The third-order valence-corrected chi connectivity index (χ3v) is 5.00. The Morgan fingerprint density at radius 2 is 1.95 bits per heavy atom. The summed E-state index contributed by atoms with van der Waals surface area (Å²) in [6, 6.07) is 10.9. The van der Waals surface area contributed by atoms with Gasteiger partial charge in [0, 0.05) is 25.2 Å². The third kappa shape index (κ3) is 4.08. The van der Waals surface area contributed by atoms with E-state index in [9.17, 15) is 4.79 Å². The average Bonchev–Trinajstić information content (AvgIpc) is 2.50. The van der Waals surface area contributed by atoms with Gasteiger partial charge in [-0.2, -0.15) is 0 Å². The van der Waals surface area contributed by atoms with Crippen molar-refractivity contribution in [2.45, 2.75) is 44.2 Å². The molecule has 1 aliphatic carbocycles. The predicted molar refractivity (Wildman–Crippen MR) is 88.5 cm³/mol. The summed E-state index contributed by atoms with van der Waals surface area (Å²) in [6.07, 6.45) is 5.79. The molecule has 4 nitrogen and oxygen atoms in total. The minimum Gasteiger partial charge on any atom is -0.351 e. The fourth-order valence-electron chi connectivity index (χ4n) is 3.85. The van der Waals surface area contributed by atoms with Gasteiger partial charge in [-0.15, -0.1) is 0 Å². The third-order valence-electron chi connectivity index (χ3n) is 5.00. The molecule has 1 unspecified atom stereocenters. The molecule has 22 heavy (non-hydrogen) atoms. The van der Waals surface area contributed by atoms with Gasteiger partial charge in [-0.1, -0.05) is 43.2 Å². The smallest absolute Gasteiger partial charge is 0.234 e. The van der Waals surface area contributed by atoms with Gasteiger partial charge in [-0.25, -0.2) is 0 Å². The van der Waals surface area contributed by atoms with Crippen LogP contribution in [0.4, 0.5) is 0 Å². The fraction of sp³-hybridized carbons (Fsp3) is 0.611. The number of hydrogen-bond acceptors (Lipinski definition) is 3. The van der Waals surface area contributed by atoms with Crippen molar-refractivity contribution in [3.05, 3.63) is 35.9 Å². The van der Waals surface area contributed by atoms with Gasteiger partial charge >= 0.3 is 0 Å². The van der Waals surface area contributed by atoms with Gasteiger partial charge in [0.05, 0.1) is 6.54 Å². The molecule has 0 aromatic heterocycles. The van der Waals surface area contributed by atoms with Crippen LogP contribution in [0, 0.1) is 5.92 Å². The molecule has 1 aliphatic heterocycles. The Morgan fingerprint density at radius 1 is 1.18 bits per heavy atom. The van der Waals surface area contributed by atoms with Crippen LogP contribution < -0.4 is 11.1 Å². The van der Waals surface area contributed by atoms with E-state index in [1.54, 1.807) is 0 Å². The first-order valence-electron chi connectivity index (χ1n) is 8.52. The topological polar surface area (TPSA) is 58.4 Å². The Labute approximate surface area is 133 Å². The summed E-state index contributed by atoms with van der Waals surface area (Å²) < 4.78 is 0. The lowest BCUT2D eigenvalue weighted by molar-refractivity contribution is -0.125. The molecule has 3 N–H and O–H groups in total. The minimum absolute atomic E-state index is 0.150. The summed E-state index contributed by atoms with van der Waals surface area (Å²) in [5.41, 5.74) is 7.54. The van der Waals surface area contributed by atoms with E-state index >= 15 is 0 Å². The Hall–Kier alpha value is -1.39. The van der Waals surface area contributed by atoms with E-state index in [1.165, 1.54) is 24.8 Å². The first-order valence-corrected chi connectivity index (χ1v) is 8.52. The molecule has 3 rings (SSSR count). The standard InChI is InChI=1S/C18H27N3O/c19-17-9-5-4-8-15(17)11-21-12-16(20-18(22)13-21)10-14-6-2-1-3-7-14/h1-3,6-7,15-17H,4-5,8-13,19H2,(H,20,22)/t15?,16-,17+/m0/s1. The van der Waals surface area contributed by atoms with E-state index in [0.717, 1.165) is 25.9 Å². The van der Waals surface area contributed by atoms with Crippen molar-refractivity contribution in [2.24, 2.45) is 11.7 Å². The van der Waals surface area contributed by atoms with Crippen LogP contribution in [-0.2, 0) is 11.2 Å². The lowest BCUT2D eigenvalue weighted by Gasteiger charge is -2.38. The summed E-state index contributed by atoms with van der Waals surface area (Å²) in [7, 11) is 0. The molecule has 0 spiro atoms. The monoisotopic (exact) mass is 301 g/mol. The maximum Gasteiger partial charge on any atom is 0.234 e. The lowest BCUT2D eigenvalue weighted by Crippen LogP contribution is -2.56. The van der Waals surface area contributed by atoms with Gasteiger partial charge in [-0.05, 0) is 30.7 Å². The van der Waals surface area contributed by atoms with Crippen molar-refractivity contribution in [3.8, 4) is 0 Å². The number of nitrogens with zero attached hydrogens (tertiary/aromatic N) is 1. The number of amides is 1. The van der Waals surface area contributed by atoms with Gasteiger partial charge in [0.2, 0.25) is 5.91 Å². The first-order chi connectivity index (χ1) is 10.7. The van der Waals surface area contributed by atoms with Crippen LogP contribution in [0.25, 0.3) is 0 Å². The van der Waals surface area contributed by atoms with Gasteiger partial charge in [0.1, 0.15) is 0 Å². The second-order valence-electron chi connectivity index (χ2n) is 6.86. The molecule has 1 aromatic carbocycles. The Balaban J connectivity index is 1.57. The molecule has 2 aliphatic rings. The molecule has 4 heteroatoms. The molecule has 1 saturated carbocycles. The van der Waals surface area contributed by atoms with E-state index in [1.807, 2.05) is 6.07 Å². The zero-order valence-corrected chi connectivity index (χ0v) is 13.2. The Bertz CT molecular complexity index is 490. The number of carbonyl (C=O) groups excluding carboxylic acids is 1. The van der Waals surface area contributed by atoms with Gasteiger partial charge in [0.15, 0.2) is 0 Å². The van der Waals surface area contributed by atoms with E-state index in [2.05, 4.69) is 34.5 Å². The molecular weight excluding hydrogens is 274 g/mol. The molecular formula is C18H27N3O. The number of nitrogens with two attached hydrogens (primary N) is 1. The van der Waals surface area contributed by atoms with Gasteiger partial charge < -0.3 is 11.1 Å². The number of nitrogens with one attached hydrogen (secondary N) is 1. The highest BCUT2D eigenvalue weighted by atomic mass is 16.2. The summed E-state index contributed by atoms with van der Waals surface area (Å²) >= 11 is 0. The van der Waals surface area contributed by atoms with E-state index in [4.69, 9.17) is 5.73 Å². The normalized spacial score (nSPS) is 30.0. The van der Waals surface area contributed by atoms with Crippen molar-refractivity contribution in [3.63, 3.8) is 0 Å². The number of benzene rings is 1. The minimum atomic E-state index is 0.150. The maximum absolute atomic E-state index is 12.0. The molecule has 1 heterocycles. The molecule has 1 aromatic rings. The van der Waals surface area contributed by atoms with E-state index < -0.39 is 0 Å². The molecule has 1 amide bonds. The SMILES string of the molecule is N[C@@H]1CCCCC1CN1CC(=O)N[C@@H](Cc2ccccc2)C1. The summed E-state index contributed by atoms with van der Waals surface area (Å²) in [5.74, 6) is 0.702. The van der Waals surface area contributed by atoms with Crippen molar-refractivity contribution in [1.29, 1.82) is 0 Å². The second kappa shape index (κ2) is 7.25. The Morgan fingerprint density at radius 3 is 2.73 bits per heavy atom. The number of hydrogen-bond donors (Lipinski definition) is 2. The number of rotatable bonds is 4. The fourth-order valence-corrected chi connectivity index (χ4v) is 3.85. The lowest BCUT2D eigenvalue weighted by atomic mass is 9.84. The summed E-state index contributed by atoms with van der Waals surface area (Å²) in [6.45, 7) is 2.43. The maximum atomic E-state index is 12.0. The highest BCUT2D eigenvalue weighted by molar-refractivity contribution is 5.79. The van der Waals surface area contributed by atoms with Crippen LogP contribution in [0.3, 0.4) is 0 Å². The van der Waals surface area contributed by atoms with Crippen LogP contribution >= 0.6 is 0 Å². The molecule has 120 valence electrons. The van der Waals surface area contributed by atoms with Crippen LogP contribution in [-0.4, -0.2) is 42.5 Å². The summed E-state index contributed by atoms with van der Waals surface area (Å²) in [5, 5.41) is 3.13. The number of piperazine rings is 1. The molecule has 0 radical (unpaired) electrons. The van der Waals surface area contributed by atoms with Crippen molar-refractivity contribution in [1.82, 2.24) is 10.2 Å². The highest BCUT2D eigenvalue weighted by Crippen LogP contribution is 2.24. The van der Waals surface area contributed by atoms with Crippen LogP contribution in [0.1, 0.15) is 31.2 Å². The zero-order chi connectivity index (χ0) is 15.4. The van der Waals surface area contributed by atoms with Crippen LogP contribution in [0.2, 0.25) is 0 Å². The molecule has 3 atom stereocenters. The van der Waals surface area contributed by atoms with Crippen molar-refractivity contribution in [2.75, 3.05) is 19.6 Å². The van der Waals surface area contributed by atoms with Crippen LogP contribution in [0.15, 0.2) is 30.3 Å². The largest absolute Gasteiger partial charge is 0.351 e. The zero-order valence-electron chi connectivity index (χ0n) is 13.2. The quantitative estimate of drug-likeness (QED) is 0.887. The molecule has 0 bridgehead atoms. The second-order valence-corrected chi connectivity index (χ2v) is 6.86. The first kappa shape index (κ1) is 15.5. The van der Waals surface area contributed by atoms with Gasteiger partial charge in [0.25, 0.3) is 0 Å². The van der Waals surface area contributed by atoms with E-state index in [-0.39, 0.29) is 11.9 Å². The predicted octanol–water partition coefficient (Wildman–Crippen LogP) is 1.55. The van der Waals surface area contributed by atoms with Gasteiger partial charge in [-0.3, -0.25) is 9.69 Å². The number of carbonyl (C=O) groups is 1. The highest BCUT2D eigenvalue weighted by Gasteiger charge is 2.29. The average molecular weight is 301 g/mol. The van der Waals surface area contributed by atoms with Crippen molar-refractivity contribution < 1.29 is 4.79 Å². The van der Waals surface area contributed by atoms with Crippen LogP contribution in [0.5, 0.6) is 0 Å². The summed E-state index contributed by atoms with van der Waals surface area (Å²) in [4.78, 5) is 14.3. The molecule has 2 fully saturated rings. The molecule has 1 saturated heterocycles. The Kier molecular flexibility index (Phi) is 5.11.